The summed E-state index contributed by atoms with van der Waals surface area (Å²) in [7, 11) is 0. The topological polar surface area (TPSA) is 69.7 Å². The van der Waals surface area contributed by atoms with Crippen molar-refractivity contribution in [3.8, 4) is 0 Å². The number of benzene rings is 3. The van der Waals surface area contributed by atoms with Crippen molar-refractivity contribution in [2.75, 3.05) is 18.0 Å². The number of anilines is 1. The summed E-state index contributed by atoms with van der Waals surface area (Å²) in [5.74, 6) is -0.662. The second-order valence-electron chi connectivity index (χ2n) is 8.25. The Hall–Kier alpha value is -3.67. The van der Waals surface area contributed by atoms with Gasteiger partial charge in [0.1, 0.15) is 12.1 Å². The number of urea groups is 1. The molecule has 1 unspecified atom stereocenters. The fourth-order valence-corrected chi connectivity index (χ4v) is 4.70. The molecule has 1 fully saturated rings. The third-order valence-electron chi connectivity index (χ3n) is 6.31. The average Bonchev–Trinajstić information content (AvgIpc) is 3.02. The van der Waals surface area contributed by atoms with Crippen molar-refractivity contribution in [1.29, 1.82) is 0 Å². The molecule has 0 bridgehead atoms. The Labute approximate surface area is 180 Å². The molecule has 0 aromatic heterocycles. The summed E-state index contributed by atoms with van der Waals surface area (Å²) in [6.45, 7) is 2.01. The lowest BCUT2D eigenvalue weighted by molar-refractivity contribution is -0.134. The summed E-state index contributed by atoms with van der Waals surface area (Å²) in [5.41, 5.74) is 1.47. The molecule has 0 saturated carbocycles. The van der Waals surface area contributed by atoms with Gasteiger partial charge in [-0.05, 0) is 47.7 Å². The first-order valence-corrected chi connectivity index (χ1v) is 10.5. The Bertz CT molecular complexity index is 1220. The number of hydrogen-bond donors (Lipinski definition) is 1. The molecule has 6 nitrogen and oxygen atoms in total. The molecule has 2 aliphatic rings. The summed E-state index contributed by atoms with van der Waals surface area (Å²) in [5, 5.41) is 4.72. The third kappa shape index (κ3) is 3.06. The highest BCUT2D eigenvalue weighted by Gasteiger charge is 2.50. The standard InChI is InChI=1S/C25H23N3O3/c1-25(20-13-6-10-17-8-2-4-12-19(17)20)23(30)28(24(31)26-25)16-22(29)27-15-7-11-18-9-3-5-14-21(18)27/h2-6,8-10,12-14H,7,11,15-16H2,1H3,(H,26,31). The van der Waals surface area contributed by atoms with E-state index in [9.17, 15) is 14.4 Å². The lowest BCUT2D eigenvalue weighted by Crippen LogP contribution is -2.46. The molecular formula is C25H23N3O3. The van der Waals surface area contributed by atoms with E-state index in [1.54, 1.807) is 11.8 Å². The minimum atomic E-state index is -1.22. The van der Waals surface area contributed by atoms with Gasteiger partial charge in [-0.3, -0.25) is 14.5 Å². The molecule has 0 spiro atoms. The molecule has 2 heterocycles. The van der Waals surface area contributed by atoms with Gasteiger partial charge in [0.25, 0.3) is 5.91 Å². The van der Waals surface area contributed by atoms with Crippen LogP contribution in [0, 0.1) is 0 Å². The van der Waals surface area contributed by atoms with Gasteiger partial charge < -0.3 is 10.2 Å². The van der Waals surface area contributed by atoms with Gasteiger partial charge in [0.2, 0.25) is 5.91 Å². The average molecular weight is 413 g/mol. The molecule has 6 heteroatoms. The molecule has 3 aromatic rings. The highest BCUT2D eigenvalue weighted by molar-refractivity contribution is 6.12. The molecular weight excluding hydrogens is 390 g/mol. The summed E-state index contributed by atoms with van der Waals surface area (Å²) < 4.78 is 0. The quantitative estimate of drug-likeness (QED) is 0.667. The van der Waals surface area contributed by atoms with Crippen molar-refractivity contribution < 1.29 is 14.4 Å². The van der Waals surface area contributed by atoms with E-state index >= 15 is 0 Å². The number of imide groups is 1. The zero-order valence-corrected chi connectivity index (χ0v) is 17.3. The lowest BCUT2D eigenvalue weighted by Gasteiger charge is -2.30. The second kappa shape index (κ2) is 7.23. The van der Waals surface area contributed by atoms with E-state index in [-0.39, 0.29) is 12.5 Å². The van der Waals surface area contributed by atoms with Gasteiger partial charge in [0.05, 0.1) is 0 Å². The number of aryl methyl sites for hydroxylation is 1. The van der Waals surface area contributed by atoms with E-state index < -0.39 is 17.5 Å². The number of amides is 4. The monoisotopic (exact) mass is 413 g/mol. The SMILES string of the molecule is CC1(c2cccc3ccccc23)NC(=O)N(CC(=O)N2CCCc3ccccc32)C1=O. The number of rotatable bonds is 3. The number of nitrogens with zero attached hydrogens (tertiary/aromatic N) is 2. The van der Waals surface area contributed by atoms with Crippen LogP contribution in [0.3, 0.4) is 0 Å². The number of nitrogens with one attached hydrogen (secondary N) is 1. The molecule has 1 saturated heterocycles. The minimum Gasteiger partial charge on any atom is -0.319 e. The van der Waals surface area contributed by atoms with Crippen molar-refractivity contribution >= 4 is 34.3 Å². The largest absolute Gasteiger partial charge is 0.325 e. The Morgan fingerprint density at radius 3 is 2.61 bits per heavy atom. The van der Waals surface area contributed by atoms with Crippen molar-refractivity contribution in [2.24, 2.45) is 0 Å². The summed E-state index contributed by atoms with van der Waals surface area (Å²) in [6.07, 6.45) is 1.78. The molecule has 31 heavy (non-hydrogen) atoms. The van der Waals surface area contributed by atoms with Crippen LogP contribution in [0.1, 0.15) is 24.5 Å². The Balaban J connectivity index is 1.44. The highest BCUT2D eigenvalue weighted by atomic mass is 16.2. The maximum absolute atomic E-state index is 13.4. The van der Waals surface area contributed by atoms with Gasteiger partial charge in [-0.1, -0.05) is 60.7 Å². The third-order valence-corrected chi connectivity index (χ3v) is 6.31. The number of carbonyl (C=O) groups is 3. The molecule has 4 amide bonds. The van der Waals surface area contributed by atoms with E-state index in [0.717, 1.165) is 45.3 Å². The van der Waals surface area contributed by atoms with Crippen LogP contribution in [0.2, 0.25) is 0 Å². The van der Waals surface area contributed by atoms with E-state index in [1.807, 2.05) is 66.7 Å². The number of carbonyl (C=O) groups excluding carboxylic acids is 3. The van der Waals surface area contributed by atoms with Gasteiger partial charge in [-0.15, -0.1) is 0 Å². The van der Waals surface area contributed by atoms with Gasteiger partial charge in [-0.2, -0.15) is 0 Å². The van der Waals surface area contributed by atoms with Crippen LogP contribution in [0.5, 0.6) is 0 Å². The smallest absolute Gasteiger partial charge is 0.319 e. The number of para-hydroxylation sites is 1. The van der Waals surface area contributed by atoms with Crippen LogP contribution >= 0.6 is 0 Å². The van der Waals surface area contributed by atoms with Crippen molar-refractivity contribution in [3.05, 3.63) is 77.9 Å². The number of fused-ring (bicyclic) bond motifs is 2. The zero-order valence-electron chi connectivity index (χ0n) is 17.3. The first-order chi connectivity index (χ1) is 15.0. The highest BCUT2D eigenvalue weighted by Crippen LogP contribution is 2.34. The molecule has 1 atom stereocenters. The summed E-state index contributed by atoms with van der Waals surface area (Å²) >= 11 is 0. The van der Waals surface area contributed by atoms with Crippen LogP contribution in [0.4, 0.5) is 10.5 Å². The first-order valence-electron chi connectivity index (χ1n) is 10.5. The normalized spacial score (nSPS) is 20.7. The molecule has 0 aliphatic carbocycles. The molecule has 1 N–H and O–H groups in total. The summed E-state index contributed by atoms with van der Waals surface area (Å²) in [6, 6.07) is 20.7. The molecule has 5 rings (SSSR count). The second-order valence-corrected chi connectivity index (χ2v) is 8.25. The van der Waals surface area contributed by atoms with E-state index in [4.69, 9.17) is 0 Å². The van der Waals surface area contributed by atoms with Crippen LogP contribution < -0.4 is 10.2 Å². The Morgan fingerprint density at radius 1 is 1.00 bits per heavy atom. The number of hydrogen-bond acceptors (Lipinski definition) is 3. The predicted octanol–water partition coefficient (Wildman–Crippen LogP) is 3.59. The lowest BCUT2D eigenvalue weighted by atomic mass is 9.88. The van der Waals surface area contributed by atoms with Crippen molar-refractivity contribution in [1.82, 2.24) is 10.2 Å². The molecule has 2 aliphatic heterocycles. The van der Waals surface area contributed by atoms with Crippen LogP contribution in [-0.2, 0) is 21.5 Å². The summed E-state index contributed by atoms with van der Waals surface area (Å²) in [4.78, 5) is 42.1. The van der Waals surface area contributed by atoms with Crippen LogP contribution in [0.25, 0.3) is 10.8 Å². The fraction of sp³-hybridized carbons (Fsp3) is 0.240. The van der Waals surface area contributed by atoms with Gasteiger partial charge >= 0.3 is 6.03 Å². The Morgan fingerprint density at radius 2 is 1.74 bits per heavy atom. The molecule has 156 valence electrons. The predicted molar refractivity (Wildman–Crippen MR) is 119 cm³/mol. The van der Waals surface area contributed by atoms with E-state index in [1.165, 1.54) is 0 Å². The Kier molecular flexibility index (Phi) is 4.50. The van der Waals surface area contributed by atoms with Crippen molar-refractivity contribution in [2.45, 2.75) is 25.3 Å². The minimum absolute atomic E-state index is 0.252. The van der Waals surface area contributed by atoms with Gasteiger partial charge in [-0.25, -0.2) is 4.79 Å². The maximum Gasteiger partial charge on any atom is 0.325 e. The van der Waals surface area contributed by atoms with Crippen LogP contribution in [0.15, 0.2) is 66.7 Å². The van der Waals surface area contributed by atoms with Crippen LogP contribution in [-0.4, -0.2) is 35.8 Å². The zero-order chi connectivity index (χ0) is 21.6. The van der Waals surface area contributed by atoms with E-state index in [0.29, 0.717) is 6.54 Å². The molecule has 0 radical (unpaired) electrons. The maximum atomic E-state index is 13.4. The first kappa shape index (κ1) is 19.3. The van der Waals surface area contributed by atoms with Gasteiger partial charge in [0, 0.05) is 12.2 Å². The van der Waals surface area contributed by atoms with Gasteiger partial charge in [0.15, 0.2) is 0 Å². The van der Waals surface area contributed by atoms with Crippen molar-refractivity contribution in [3.63, 3.8) is 0 Å². The molecule has 3 aromatic carbocycles. The van der Waals surface area contributed by atoms with E-state index in [2.05, 4.69) is 5.32 Å². The fourth-order valence-electron chi connectivity index (χ4n) is 4.70.